The lowest BCUT2D eigenvalue weighted by molar-refractivity contribution is -0.156. The molecule has 0 unspecified atom stereocenters. The van der Waals surface area contributed by atoms with Crippen molar-refractivity contribution in [1.82, 2.24) is 4.90 Å². The van der Waals surface area contributed by atoms with Crippen LogP contribution in [0.3, 0.4) is 0 Å². The summed E-state index contributed by atoms with van der Waals surface area (Å²) >= 11 is 0. The number of hydrogen-bond acceptors (Lipinski definition) is 6. The third-order valence-electron chi connectivity index (χ3n) is 6.68. The van der Waals surface area contributed by atoms with Gasteiger partial charge in [-0.15, -0.1) is 0 Å². The van der Waals surface area contributed by atoms with Gasteiger partial charge in [-0.05, 0) is 48.6 Å². The maximum Gasteiger partial charge on any atom is 0.317 e. The van der Waals surface area contributed by atoms with E-state index in [2.05, 4.69) is 0 Å². The summed E-state index contributed by atoms with van der Waals surface area (Å²) in [5, 5.41) is 5.20. The van der Waals surface area contributed by atoms with Crippen molar-refractivity contribution in [3.05, 3.63) is 59.7 Å². The van der Waals surface area contributed by atoms with Crippen LogP contribution in [0.1, 0.15) is 30.9 Å². The molecule has 10 heteroatoms. The van der Waals surface area contributed by atoms with Gasteiger partial charge in [0.25, 0.3) is 5.91 Å². The van der Waals surface area contributed by atoms with Crippen molar-refractivity contribution in [3.63, 3.8) is 0 Å². The molecule has 0 spiro atoms. The van der Waals surface area contributed by atoms with Crippen molar-refractivity contribution >= 4 is 33.5 Å². The van der Waals surface area contributed by atoms with Crippen molar-refractivity contribution in [2.24, 2.45) is 5.14 Å². The normalized spacial score (nSPS) is 17.2. The Morgan fingerprint density at radius 3 is 2.32 bits per heavy atom. The fraction of sp³-hybridized carbons (Fsp3) is 0.375. The van der Waals surface area contributed by atoms with Gasteiger partial charge < -0.3 is 14.5 Å². The van der Waals surface area contributed by atoms with E-state index in [0.29, 0.717) is 50.1 Å². The van der Waals surface area contributed by atoms with E-state index >= 15 is 0 Å². The number of carbonyl (C=O) groups excluding carboxylic acids is 3. The van der Waals surface area contributed by atoms with Crippen LogP contribution in [0.15, 0.2) is 53.4 Å². The van der Waals surface area contributed by atoms with Gasteiger partial charge in [0, 0.05) is 32.2 Å². The second-order valence-electron chi connectivity index (χ2n) is 8.66. The average Bonchev–Trinajstić information content (AvgIpc) is 3.26. The Morgan fingerprint density at radius 1 is 1.03 bits per heavy atom. The predicted octanol–water partition coefficient (Wildman–Crippen LogP) is 1.35. The maximum absolute atomic E-state index is 13.3. The van der Waals surface area contributed by atoms with Crippen LogP contribution in [0.25, 0.3) is 0 Å². The number of hydrogen-bond donors (Lipinski definition) is 1. The van der Waals surface area contributed by atoms with E-state index in [-0.39, 0.29) is 16.7 Å². The van der Waals surface area contributed by atoms with Crippen LogP contribution in [-0.4, -0.2) is 57.3 Å². The Bertz CT molecular complexity index is 1220. The maximum atomic E-state index is 13.3. The molecule has 0 radical (unpaired) electrons. The smallest absolute Gasteiger partial charge is 0.317 e. The monoisotopic (exact) mass is 485 g/mol. The van der Waals surface area contributed by atoms with E-state index in [1.54, 1.807) is 11.0 Å². The van der Waals surface area contributed by atoms with Crippen LogP contribution in [0, 0.1) is 0 Å². The lowest BCUT2D eigenvalue weighted by Crippen LogP contribution is -2.49. The van der Waals surface area contributed by atoms with Crippen molar-refractivity contribution in [2.45, 2.75) is 36.5 Å². The van der Waals surface area contributed by atoms with E-state index < -0.39 is 28.0 Å². The molecule has 2 aromatic rings. The number of nitrogens with two attached hydrogens (primary N) is 1. The molecular formula is C24H27N3O6S. The summed E-state index contributed by atoms with van der Waals surface area (Å²) in [5.74, 6) is -0.914. The van der Waals surface area contributed by atoms with Crippen LogP contribution in [-0.2, 0) is 41.0 Å². The second-order valence-corrected chi connectivity index (χ2v) is 10.2. The Hall–Kier alpha value is -3.24. The molecule has 2 N–H and O–H groups in total. The minimum atomic E-state index is -3.84. The summed E-state index contributed by atoms with van der Waals surface area (Å²) in [7, 11) is -3.84. The van der Waals surface area contributed by atoms with Crippen LogP contribution < -0.4 is 10.0 Å². The first-order chi connectivity index (χ1) is 16.1. The molecule has 9 nitrogen and oxygen atoms in total. The lowest BCUT2D eigenvalue weighted by Gasteiger charge is -2.40. The molecule has 0 aromatic heterocycles. The van der Waals surface area contributed by atoms with Crippen LogP contribution in [0.5, 0.6) is 0 Å². The van der Waals surface area contributed by atoms with E-state index in [9.17, 15) is 22.8 Å². The highest BCUT2D eigenvalue weighted by Crippen LogP contribution is 2.37. The zero-order chi connectivity index (χ0) is 24.5. The summed E-state index contributed by atoms with van der Waals surface area (Å²) in [6.45, 7) is 2.29. The fourth-order valence-corrected chi connectivity index (χ4v) is 5.29. The van der Waals surface area contributed by atoms with Gasteiger partial charge in [-0.1, -0.05) is 30.3 Å². The van der Waals surface area contributed by atoms with E-state index in [1.165, 1.54) is 24.0 Å². The summed E-state index contributed by atoms with van der Waals surface area (Å²) in [4.78, 5) is 41.2. The highest BCUT2D eigenvalue weighted by atomic mass is 32.2. The third kappa shape index (κ3) is 4.55. The lowest BCUT2D eigenvalue weighted by atomic mass is 9.72. The number of fused-ring (bicyclic) bond motifs is 1. The molecule has 2 aromatic carbocycles. The molecule has 2 heterocycles. The summed E-state index contributed by atoms with van der Waals surface area (Å²) < 4.78 is 28.8. The van der Waals surface area contributed by atoms with Crippen molar-refractivity contribution in [2.75, 3.05) is 31.1 Å². The molecule has 1 saturated heterocycles. The highest BCUT2D eigenvalue weighted by Gasteiger charge is 2.45. The topological polar surface area (TPSA) is 127 Å². The van der Waals surface area contributed by atoms with Crippen LogP contribution >= 0.6 is 0 Å². The van der Waals surface area contributed by atoms with Gasteiger partial charge >= 0.3 is 5.97 Å². The fourth-order valence-electron chi connectivity index (χ4n) is 4.73. The van der Waals surface area contributed by atoms with Crippen molar-refractivity contribution in [1.29, 1.82) is 0 Å². The Kier molecular flexibility index (Phi) is 6.46. The van der Waals surface area contributed by atoms with E-state index in [1.807, 2.05) is 30.3 Å². The van der Waals surface area contributed by atoms with Gasteiger partial charge in [0.15, 0.2) is 6.61 Å². The van der Waals surface area contributed by atoms with Gasteiger partial charge in [0.2, 0.25) is 15.9 Å². The number of carbonyl (C=O) groups is 3. The number of primary sulfonamides is 1. The third-order valence-corrected chi connectivity index (χ3v) is 7.59. The van der Waals surface area contributed by atoms with Gasteiger partial charge in [-0.25, -0.2) is 13.6 Å². The number of piperidine rings is 1. The Morgan fingerprint density at radius 2 is 1.71 bits per heavy atom. The van der Waals surface area contributed by atoms with Gasteiger partial charge in [0.1, 0.15) is 0 Å². The number of likely N-dealkylation sites (tertiary alicyclic amines) is 1. The average molecular weight is 486 g/mol. The number of rotatable bonds is 5. The minimum Gasteiger partial charge on any atom is -0.455 e. The zero-order valence-corrected chi connectivity index (χ0v) is 19.7. The first kappa shape index (κ1) is 23.9. The SMILES string of the molecule is CC(=O)N1CCC(C(=O)OCC(=O)N2CCc3cc(S(N)(=O)=O)ccc32)(c2ccccc2)CC1. The van der Waals surface area contributed by atoms with E-state index in [0.717, 1.165) is 5.56 Å². The van der Waals surface area contributed by atoms with E-state index in [4.69, 9.17) is 9.88 Å². The molecule has 0 aliphatic carbocycles. The summed E-state index contributed by atoms with van der Waals surface area (Å²) in [5.41, 5.74) is 1.16. The van der Waals surface area contributed by atoms with Crippen LogP contribution in [0.4, 0.5) is 5.69 Å². The van der Waals surface area contributed by atoms with Gasteiger partial charge in [-0.2, -0.15) is 0 Å². The van der Waals surface area contributed by atoms with Crippen molar-refractivity contribution < 1.29 is 27.5 Å². The quantitative estimate of drug-likeness (QED) is 0.637. The molecule has 2 aliphatic heterocycles. The molecular weight excluding hydrogens is 458 g/mol. The first-order valence-corrected chi connectivity index (χ1v) is 12.6. The van der Waals surface area contributed by atoms with Gasteiger partial charge in [0.05, 0.1) is 10.3 Å². The van der Waals surface area contributed by atoms with Crippen molar-refractivity contribution in [3.8, 4) is 0 Å². The highest BCUT2D eigenvalue weighted by molar-refractivity contribution is 7.89. The zero-order valence-electron chi connectivity index (χ0n) is 18.9. The summed E-state index contributed by atoms with van der Waals surface area (Å²) in [6, 6.07) is 13.7. The molecule has 2 amide bonds. The number of sulfonamides is 1. The number of amides is 2. The van der Waals surface area contributed by atoms with Crippen LogP contribution in [0.2, 0.25) is 0 Å². The number of ether oxygens (including phenoxy) is 1. The summed E-state index contributed by atoms with van der Waals surface area (Å²) in [6.07, 6.45) is 1.30. The minimum absolute atomic E-state index is 0.00585. The number of anilines is 1. The largest absolute Gasteiger partial charge is 0.455 e. The molecule has 0 bridgehead atoms. The molecule has 2 aliphatic rings. The number of nitrogens with zero attached hydrogens (tertiary/aromatic N) is 2. The molecule has 1 fully saturated rings. The molecule has 180 valence electrons. The molecule has 4 rings (SSSR count). The second kappa shape index (κ2) is 9.19. The standard InChI is InChI=1S/C24H27N3O6S/c1-17(28)26-13-10-24(11-14-26,19-5-3-2-4-6-19)23(30)33-16-22(29)27-12-9-18-15-20(34(25,31)32)7-8-21(18)27/h2-8,15H,9-14,16H2,1H3,(H2,25,31,32). The number of esters is 1. The van der Waals surface area contributed by atoms with Gasteiger partial charge in [-0.3, -0.25) is 14.4 Å². The Balaban J connectivity index is 1.48. The molecule has 0 atom stereocenters. The Labute approximate surface area is 198 Å². The first-order valence-electron chi connectivity index (χ1n) is 11.1. The predicted molar refractivity (Wildman–Crippen MR) is 124 cm³/mol. The molecule has 0 saturated carbocycles. The number of benzene rings is 2. The molecule has 34 heavy (non-hydrogen) atoms.